The fourth-order valence-electron chi connectivity index (χ4n) is 10.8. The van der Waals surface area contributed by atoms with E-state index in [1.165, 1.54) is 27.2 Å². The predicted molar refractivity (Wildman–Crippen MR) is 305 cm³/mol. The lowest BCUT2D eigenvalue weighted by Gasteiger charge is -2.32. The minimum absolute atomic E-state index is 0.0318. The van der Waals surface area contributed by atoms with Gasteiger partial charge in [0.2, 0.25) is 53.2 Å². The predicted octanol–water partition coefficient (Wildman–Crippen LogP) is -1.43. The summed E-state index contributed by atoms with van der Waals surface area (Å²) in [6, 6.07) is -2.88. The number of aliphatic carboxylic acids is 1. The van der Waals surface area contributed by atoms with Crippen molar-refractivity contribution in [2.75, 3.05) is 32.8 Å². The third-order valence-electron chi connectivity index (χ3n) is 15.1. The zero-order valence-electron chi connectivity index (χ0n) is 48.2. The summed E-state index contributed by atoms with van der Waals surface area (Å²) < 4.78 is 0. The van der Waals surface area contributed by atoms with Gasteiger partial charge in [0.15, 0.2) is 5.96 Å². The fraction of sp³-hybridized carbons (Fsp3) is 0.643. The van der Waals surface area contributed by atoms with E-state index in [2.05, 4.69) is 46.9 Å². The molecule has 1 aromatic heterocycles. The van der Waals surface area contributed by atoms with Gasteiger partial charge in [0.25, 0.3) is 0 Å². The molecule has 0 radical (unpaired) electrons. The molecule has 0 bridgehead atoms. The summed E-state index contributed by atoms with van der Waals surface area (Å²) in [6.45, 7) is 7.19. The van der Waals surface area contributed by atoms with Gasteiger partial charge in [0, 0.05) is 50.9 Å². The monoisotopic (exact) mass is 1160 g/mol. The van der Waals surface area contributed by atoms with Crippen LogP contribution >= 0.6 is 0 Å². The molecule has 3 aliphatic heterocycles. The van der Waals surface area contributed by atoms with Gasteiger partial charge in [-0.2, -0.15) is 0 Å². The Kier molecular flexibility index (Phi) is 26.2. The van der Waals surface area contributed by atoms with Crippen LogP contribution in [0.15, 0.2) is 47.8 Å². The number of benzene rings is 1. The average Bonchev–Trinajstić information content (AvgIpc) is 4.52. The summed E-state index contributed by atoms with van der Waals surface area (Å²) in [5, 5.41) is 36.6. The van der Waals surface area contributed by atoms with Crippen LogP contribution in [0.3, 0.4) is 0 Å². The molecule has 4 heterocycles. The van der Waals surface area contributed by atoms with Crippen LogP contribution in [-0.2, 0) is 60.8 Å². The summed E-state index contributed by atoms with van der Waals surface area (Å²) in [5.41, 5.74) is 18.4. The molecule has 27 nitrogen and oxygen atoms in total. The highest BCUT2D eigenvalue weighted by molar-refractivity contribution is 5.99. The van der Waals surface area contributed by atoms with Crippen LogP contribution in [0, 0.1) is 5.92 Å². The van der Waals surface area contributed by atoms with Gasteiger partial charge < -0.3 is 79.0 Å². The standard InChI is InChI=1S/C56H87N15O12/c1-5-7-18-36(57)52(79)69-24-12-20-43(69)50(77)66-39(27-33(3)4)47(74)65-40(29-35-30-60-32-62-35)48(75)68-42(31-72)49(76)63-37(19-11-23-61-56(58)59)46(73)64-38(15-6-2)53(80)70-25-13-21-44(70)51(78)67-41(28-34-16-9-8-10-17-34)54(81)71-26-14-22-45(71)55(82)83/h8-10,16-17,30,32-33,36-45,72H,5-7,11-15,18-29,31,57H2,1-4H3,(H,60,62)(H,63,76)(H,64,73)(H,65,74)(H,66,77)(H,67,78)(H,68,75)(H,82,83)(H4,58,59,61)/t36-,37-,38-,39-,40-,41-,42-,43-,44-,45-/m0/s1. The number of nitrogens with one attached hydrogen (secondary N) is 7. The fourth-order valence-corrected chi connectivity index (χ4v) is 10.8. The number of H-pyrrole nitrogens is 1. The second-order valence-electron chi connectivity index (χ2n) is 22.0. The third-order valence-corrected chi connectivity index (χ3v) is 15.1. The SMILES string of the molecule is CCCC[C@H](N)C(=O)N1CCC[C@H]1C(=O)N[C@@H](CC(C)C)C(=O)N[C@@H](Cc1cnc[nH]1)C(=O)N[C@@H](CO)C(=O)N[C@@H](CCCN=C(N)N)C(=O)N[C@@H](CCC)C(=O)N1CCC[C@H]1C(=O)N[C@@H](Cc1ccccc1)C(=O)N1CCC[C@H]1C(=O)O. The molecule has 9 amide bonds. The van der Waals surface area contributed by atoms with E-state index in [-0.39, 0.29) is 88.8 Å². The van der Waals surface area contributed by atoms with Crippen molar-refractivity contribution in [3.05, 3.63) is 54.1 Å². The van der Waals surface area contributed by atoms with Gasteiger partial charge >= 0.3 is 5.97 Å². The van der Waals surface area contributed by atoms with Crippen LogP contribution in [0.25, 0.3) is 0 Å². The number of nitrogens with zero attached hydrogens (tertiary/aromatic N) is 5. The lowest BCUT2D eigenvalue weighted by Crippen LogP contribution is -2.61. The van der Waals surface area contributed by atoms with Crippen molar-refractivity contribution in [1.82, 2.24) is 56.6 Å². The van der Waals surface area contributed by atoms with Crippen LogP contribution in [0.1, 0.15) is 129 Å². The number of aliphatic hydroxyl groups excluding tert-OH is 1. The van der Waals surface area contributed by atoms with E-state index in [1.54, 1.807) is 37.3 Å². The Balaban J connectivity index is 1.30. The maximum absolute atomic E-state index is 14.5. The van der Waals surface area contributed by atoms with Crippen LogP contribution < -0.4 is 49.1 Å². The lowest BCUT2D eigenvalue weighted by atomic mass is 10.0. The maximum Gasteiger partial charge on any atom is 0.326 e. The molecule has 0 unspecified atom stereocenters. The van der Waals surface area contributed by atoms with Crippen LogP contribution in [0.4, 0.5) is 0 Å². The zero-order valence-corrected chi connectivity index (χ0v) is 48.2. The molecule has 27 heteroatoms. The van der Waals surface area contributed by atoms with Crippen molar-refractivity contribution in [2.24, 2.45) is 28.1 Å². The van der Waals surface area contributed by atoms with E-state index in [0.717, 1.165) is 18.4 Å². The number of amides is 9. The molecule has 15 N–H and O–H groups in total. The lowest BCUT2D eigenvalue weighted by molar-refractivity contribution is -0.149. The molecule has 3 aliphatic rings. The first-order chi connectivity index (χ1) is 39.7. The zero-order chi connectivity index (χ0) is 60.8. The number of unbranched alkanes of at least 4 members (excludes halogenated alkanes) is 1. The minimum atomic E-state index is -1.70. The molecule has 83 heavy (non-hydrogen) atoms. The second-order valence-corrected chi connectivity index (χ2v) is 22.0. The van der Waals surface area contributed by atoms with Gasteiger partial charge in [-0.3, -0.25) is 48.1 Å². The number of hydrogen-bond acceptors (Lipinski definition) is 14. The summed E-state index contributed by atoms with van der Waals surface area (Å²) in [4.78, 5) is 154. The van der Waals surface area contributed by atoms with Crippen molar-refractivity contribution < 1.29 is 58.2 Å². The van der Waals surface area contributed by atoms with Gasteiger partial charge in [0.05, 0.1) is 19.0 Å². The molecule has 0 aliphatic carbocycles. The molecule has 3 fully saturated rings. The number of hydrogen-bond donors (Lipinski definition) is 12. The number of aromatic nitrogens is 2. The van der Waals surface area contributed by atoms with Crippen LogP contribution in [-0.4, -0.2) is 193 Å². The van der Waals surface area contributed by atoms with Gasteiger partial charge in [-0.05, 0) is 82.1 Å². The molecule has 0 spiro atoms. The first-order valence-electron chi connectivity index (χ1n) is 29.1. The van der Waals surface area contributed by atoms with Crippen molar-refractivity contribution in [3.63, 3.8) is 0 Å². The van der Waals surface area contributed by atoms with Crippen molar-refractivity contribution in [3.8, 4) is 0 Å². The largest absolute Gasteiger partial charge is 0.480 e. The Hall–Kier alpha value is -7.68. The molecule has 3 saturated heterocycles. The van der Waals surface area contributed by atoms with Crippen LogP contribution in [0.2, 0.25) is 0 Å². The van der Waals surface area contributed by atoms with Gasteiger partial charge in [-0.15, -0.1) is 0 Å². The van der Waals surface area contributed by atoms with E-state index in [0.29, 0.717) is 50.8 Å². The first kappa shape index (κ1) is 66.1. The van der Waals surface area contributed by atoms with E-state index >= 15 is 0 Å². The Morgan fingerprint density at radius 3 is 1.73 bits per heavy atom. The molecule has 1 aromatic carbocycles. The number of carbonyl (C=O) groups is 10. The smallest absolute Gasteiger partial charge is 0.326 e. The minimum Gasteiger partial charge on any atom is -0.480 e. The number of carbonyl (C=O) groups excluding carboxylic acids is 9. The first-order valence-corrected chi connectivity index (χ1v) is 29.1. The molecule has 2 aromatic rings. The molecule has 458 valence electrons. The summed E-state index contributed by atoms with van der Waals surface area (Å²) in [5.74, 6) is -7.67. The number of rotatable bonds is 32. The number of nitrogens with two attached hydrogens (primary N) is 3. The normalized spacial score (nSPS) is 19.3. The number of imidazole rings is 1. The molecule has 5 rings (SSSR count). The van der Waals surface area contributed by atoms with Gasteiger partial charge in [-0.1, -0.05) is 77.3 Å². The van der Waals surface area contributed by atoms with E-state index in [1.807, 2.05) is 20.8 Å². The Morgan fingerprint density at radius 1 is 0.639 bits per heavy atom. The number of aromatic amines is 1. The number of aliphatic hydroxyl groups is 1. The van der Waals surface area contributed by atoms with E-state index < -0.39 is 120 Å². The number of guanidine groups is 1. The Labute approximate surface area is 484 Å². The Morgan fingerprint density at radius 2 is 1.17 bits per heavy atom. The molecular weight excluding hydrogens is 1070 g/mol. The number of aliphatic imine (C=N–C) groups is 1. The van der Waals surface area contributed by atoms with Crippen LogP contribution in [0.5, 0.6) is 0 Å². The molecule has 0 saturated carbocycles. The quantitative estimate of drug-likeness (QED) is 0.0227. The maximum atomic E-state index is 14.5. The summed E-state index contributed by atoms with van der Waals surface area (Å²) in [6.07, 6.45) is 7.71. The summed E-state index contributed by atoms with van der Waals surface area (Å²) in [7, 11) is 0. The number of carboxylic acid groups (broad SMARTS) is 1. The van der Waals surface area contributed by atoms with Crippen molar-refractivity contribution >= 4 is 65.1 Å². The third kappa shape index (κ3) is 19.5. The second kappa shape index (κ2) is 32.8. The van der Waals surface area contributed by atoms with E-state index in [4.69, 9.17) is 17.2 Å². The highest BCUT2D eigenvalue weighted by Crippen LogP contribution is 2.24. The average molecular weight is 1160 g/mol. The number of likely N-dealkylation sites (tertiary alicyclic amines) is 3. The topological polar surface area (TPSA) is 412 Å². The number of carboxylic acids is 1. The molecular formula is C56H87N15O12. The molecule has 10 atom stereocenters. The Bertz CT molecular complexity index is 2550. The van der Waals surface area contributed by atoms with Gasteiger partial charge in [-0.25, -0.2) is 9.78 Å². The van der Waals surface area contributed by atoms with E-state index in [9.17, 15) is 58.2 Å². The van der Waals surface area contributed by atoms with Gasteiger partial charge in [0.1, 0.15) is 54.4 Å². The highest BCUT2D eigenvalue weighted by atomic mass is 16.4. The highest BCUT2D eigenvalue weighted by Gasteiger charge is 2.43. The summed E-state index contributed by atoms with van der Waals surface area (Å²) >= 11 is 0. The van der Waals surface area contributed by atoms with Crippen molar-refractivity contribution in [1.29, 1.82) is 0 Å². The van der Waals surface area contributed by atoms with Crippen molar-refractivity contribution in [2.45, 2.75) is 191 Å².